The molecule has 0 unspecified atom stereocenters. The molecule has 0 bridgehead atoms. The first-order valence-corrected chi connectivity index (χ1v) is 15.6. The molecule has 0 saturated carbocycles. The third kappa shape index (κ3) is 12.0. The van der Waals surface area contributed by atoms with Crippen LogP contribution in [-0.2, 0) is 35.2 Å². The highest BCUT2D eigenvalue weighted by Gasteiger charge is 2.32. The monoisotopic (exact) mass is 616 g/mol. The smallest absolute Gasteiger partial charge is 0.410 e. The number of alkyl carbamates (subject to hydrolysis) is 1. The number of likely N-dealkylation sites (tertiary alicyclic amines) is 2. The Morgan fingerprint density at radius 1 is 0.932 bits per heavy atom. The molecule has 44 heavy (non-hydrogen) atoms. The lowest BCUT2D eigenvalue weighted by atomic mass is 9.91. The minimum absolute atomic E-state index is 0.00256. The second-order valence-corrected chi connectivity index (χ2v) is 12.4. The van der Waals surface area contributed by atoms with E-state index >= 15 is 0 Å². The van der Waals surface area contributed by atoms with Gasteiger partial charge in [-0.05, 0) is 71.3 Å². The molecule has 2 atom stereocenters. The molecule has 2 fully saturated rings. The van der Waals surface area contributed by atoms with E-state index in [0.717, 1.165) is 24.8 Å². The minimum atomic E-state index is -1.03. The fourth-order valence-electron chi connectivity index (χ4n) is 5.36. The van der Waals surface area contributed by atoms with Crippen molar-refractivity contribution in [1.82, 2.24) is 20.4 Å². The van der Waals surface area contributed by atoms with Gasteiger partial charge in [0.15, 0.2) is 0 Å². The van der Waals surface area contributed by atoms with Crippen LogP contribution in [0.5, 0.6) is 0 Å². The van der Waals surface area contributed by atoms with Crippen LogP contribution in [0.2, 0.25) is 0 Å². The van der Waals surface area contributed by atoms with Gasteiger partial charge in [-0.1, -0.05) is 30.3 Å². The highest BCUT2D eigenvalue weighted by Crippen LogP contribution is 2.25. The van der Waals surface area contributed by atoms with Crippen molar-refractivity contribution < 1.29 is 38.2 Å². The summed E-state index contributed by atoms with van der Waals surface area (Å²) in [6.07, 6.45) is 1.65. The number of nitrogens with zero attached hydrogens (tertiary/aromatic N) is 2. The summed E-state index contributed by atoms with van der Waals surface area (Å²) >= 11 is 0. The first kappa shape index (κ1) is 34.7. The summed E-state index contributed by atoms with van der Waals surface area (Å²) in [6.45, 7) is 9.50. The van der Waals surface area contributed by atoms with Crippen LogP contribution in [-0.4, -0.2) is 84.3 Å². The third-order valence-corrected chi connectivity index (χ3v) is 7.68. The summed E-state index contributed by atoms with van der Waals surface area (Å²) in [6, 6.07) is 9.15. The predicted octanol–water partition coefficient (Wildman–Crippen LogP) is 3.97. The predicted molar refractivity (Wildman–Crippen MR) is 162 cm³/mol. The zero-order chi connectivity index (χ0) is 32.1. The Morgan fingerprint density at radius 2 is 1.64 bits per heavy atom. The number of carbonyl (C=O) groups excluding carboxylic acids is 5. The second-order valence-electron chi connectivity index (χ2n) is 12.4. The largest absolute Gasteiger partial charge is 0.466 e. The molecule has 244 valence electrons. The number of carbonyl (C=O) groups is 5. The van der Waals surface area contributed by atoms with Gasteiger partial charge in [0.25, 0.3) is 0 Å². The van der Waals surface area contributed by atoms with Gasteiger partial charge in [-0.15, -0.1) is 0 Å². The van der Waals surface area contributed by atoms with Crippen LogP contribution >= 0.6 is 0 Å². The van der Waals surface area contributed by atoms with Crippen molar-refractivity contribution in [1.29, 1.82) is 0 Å². The van der Waals surface area contributed by atoms with Crippen LogP contribution in [0.25, 0.3) is 0 Å². The van der Waals surface area contributed by atoms with Crippen LogP contribution in [0.3, 0.4) is 0 Å². The van der Waals surface area contributed by atoms with Gasteiger partial charge >= 0.3 is 18.2 Å². The van der Waals surface area contributed by atoms with Crippen molar-refractivity contribution >= 4 is 30.0 Å². The number of ether oxygens (including phenoxy) is 3. The van der Waals surface area contributed by atoms with Gasteiger partial charge < -0.3 is 34.6 Å². The molecule has 2 aliphatic rings. The van der Waals surface area contributed by atoms with E-state index in [2.05, 4.69) is 10.6 Å². The maximum absolute atomic E-state index is 13.2. The van der Waals surface area contributed by atoms with E-state index in [0.29, 0.717) is 44.8 Å². The van der Waals surface area contributed by atoms with E-state index in [1.54, 1.807) is 16.7 Å². The van der Waals surface area contributed by atoms with Crippen molar-refractivity contribution in [3.8, 4) is 0 Å². The van der Waals surface area contributed by atoms with E-state index < -0.39 is 29.7 Å². The number of nitrogens with one attached hydrogen (secondary N) is 2. The maximum Gasteiger partial charge on any atom is 0.410 e. The summed E-state index contributed by atoms with van der Waals surface area (Å²) in [7, 11) is 0. The average molecular weight is 617 g/mol. The Kier molecular flexibility index (Phi) is 13.3. The molecule has 2 N–H and O–H groups in total. The first-order chi connectivity index (χ1) is 20.9. The molecule has 2 saturated heterocycles. The SMILES string of the molecule is CCOC(=O)C[C@H](NC(=O)OCc1ccccc1)NC(=O)[C@@H]1CCCN(C(=O)CCC2CCN(C(=O)OC(C)(C)C)CC2)C1. The van der Waals surface area contributed by atoms with Gasteiger partial charge in [-0.25, -0.2) is 9.59 Å². The molecule has 3 rings (SSSR count). The van der Waals surface area contributed by atoms with Crippen molar-refractivity contribution in [3.05, 3.63) is 35.9 Å². The van der Waals surface area contributed by atoms with Gasteiger partial charge in [0.1, 0.15) is 18.4 Å². The number of rotatable bonds is 11. The molecule has 1 aromatic carbocycles. The molecule has 0 aliphatic carbocycles. The van der Waals surface area contributed by atoms with E-state index in [4.69, 9.17) is 14.2 Å². The Hall–Kier alpha value is -3.83. The summed E-state index contributed by atoms with van der Waals surface area (Å²) in [5.41, 5.74) is 0.266. The zero-order valence-corrected chi connectivity index (χ0v) is 26.5. The lowest BCUT2D eigenvalue weighted by Gasteiger charge is -2.35. The number of hydrogen-bond donors (Lipinski definition) is 2. The lowest BCUT2D eigenvalue weighted by molar-refractivity contribution is -0.144. The zero-order valence-electron chi connectivity index (χ0n) is 26.5. The number of amides is 4. The van der Waals surface area contributed by atoms with Gasteiger partial charge in [0.2, 0.25) is 11.8 Å². The Morgan fingerprint density at radius 3 is 2.30 bits per heavy atom. The Labute approximate surface area is 260 Å². The standard InChI is InChI=1S/C32H48N4O8/c1-5-42-28(38)20-26(34-30(40)43-22-24-10-7-6-8-11-24)33-29(39)25-12-9-17-36(21-25)27(37)14-13-23-15-18-35(19-16-23)31(41)44-32(2,3)4/h6-8,10-11,23,25-26H,5,9,12-22H2,1-4H3,(H,33,39)(H,34,40)/t25-,26+/m1/s1. The highest BCUT2D eigenvalue weighted by atomic mass is 16.6. The van der Waals surface area contributed by atoms with E-state index in [9.17, 15) is 24.0 Å². The summed E-state index contributed by atoms with van der Waals surface area (Å²) in [5.74, 6) is -1.05. The number of esters is 1. The van der Waals surface area contributed by atoms with Crippen molar-refractivity contribution in [2.24, 2.45) is 11.8 Å². The van der Waals surface area contributed by atoms with Gasteiger partial charge in [0, 0.05) is 32.6 Å². The minimum Gasteiger partial charge on any atom is -0.466 e. The molecule has 2 heterocycles. The second kappa shape index (κ2) is 16.9. The van der Waals surface area contributed by atoms with Gasteiger partial charge in [-0.3, -0.25) is 14.4 Å². The maximum atomic E-state index is 13.2. The summed E-state index contributed by atoms with van der Waals surface area (Å²) < 4.78 is 15.7. The van der Waals surface area contributed by atoms with E-state index in [-0.39, 0.29) is 44.1 Å². The summed E-state index contributed by atoms with van der Waals surface area (Å²) in [4.78, 5) is 66.7. The van der Waals surface area contributed by atoms with Crippen molar-refractivity contribution in [2.75, 3.05) is 32.8 Å². The van der Waals surface area contributed by atoms with Crippen LogP contribution in [0.15, 0.2) is 30.3 Å². The Balaban J connectivity index is 1.46. The molecule has 12 nitrogen and oxygen atoms in total. The van der Waals surface area contributed by atoms with Crippen LogP contribution in [0.1, 0.15) is 78.2 Å². The molecule has 0 spiro atoms. The molecule has 12 heteroatoms. The normalized spacial score (nSPS) is 18.1. The summed E-state index contributed by atoms with van der Waals surface area (Å²) in [5, 5.41) is 5.29. The first-order valence-electron chi connectivity index (χ1n) is 15.6. The third-order valence-electron chi connectivity index (χ3n) is 7.68. The van der Waals surface area contributed by atoms with Crippen LogP contribution < -0.4 is 10.6 Å². The number of piperidine rings is 2. The van der Waals surface area contributed by atoms with Crippen LogP contribution in [0, 0.1) is 11.8 Å². The molecule has 2 aliphatic heterocycles. The average Bonchev–Trinajstić information content (AvgIpc) is 2.99. The molecule has 0 radical (unpaired) electrons. The van der Waals surface area contributed by atoms with Crippen molar-refractivity contribution in [2.45, 2.75) is 91.0 Å². The van der Waals surface area contributed by atoms with Crippen LogP contribution in [0.4, 0.5) is 9.59 Å². The lowest BCUT2D eigenvalue weighted by Crippen LogP contribution is -2.53. The Bertz CT molecular complexity index is 1120. The fourth-order valence-corrected chi connectivity index (χ4v) is 5.36. The van der Waals surface area contributed by atoms with Crippen molar-refractivity contribution in [3.63, 3.8) is 0 Å². The molecular weight excluding hydrogens is 568 g/mol. The highest BCUT2D eigenvalue weighted by molar-refractivity contribution is 5.83. The van der Waals surface area contributed by atoms with E-state index in [1.165, 1.54) is 0 Å². The van der Waals surface area contributed by atoms with Gasteiger partial charge in [0.05, 0.1) is 18.9 Å². The molecule has 1 aromatic rings. The number of benzene rings is 1. The van der Waals surface area contributed by atoms with Gasteiger partial charge in [-0.2, -0.15) is 0 Å². The topological polar surface area (TPSA) is 144 Å². The molecule has 4 amide bonds. The number of hydrogen-bond acceptors (Lipinski definition) is 8. The molecular formula is C32H48N4O8. The van der Waals surface area contributed by atoms with E-state index in [1.807, 2.05) is 51.1 Å². The quantitative estimate of drug-likeness (QED) is 0.216. The fraction of sp³-hybridized carbons (Fsp3) is 0.656. The molecule has 0 aromatic heterocycles.